The second-order valence-electron chi connectivity index (χ2n) is 4.32. The van der Waals surface area contributed by atoms with E-state index < -0.39 is 23.8 Å². The van der Waals surface area contributed by atoms with E-state index in [1.165, 1.54) is 0 Å². The van der Waals surface area contributed by atoms with E-state index in [-0.39, 0.29) is 29.5 Å². The Morgan fingerprint density at radius 3 is 2.86 bits per heavy atom. The lowest BCUT2D eigenvalue weighted by atomic mass is 10.2. The summed E-state index contributed by atoms with van der Waals surface area (Å²) in [5.74, 6) is -0.461. The van der Waals surface area contributed by atoms with Gasteiger partial charge in [-0.3, -0.25) is 10.1 Å². The molecule has 0 fully saturated rings. The second kappa shape index (κ2) is 5.76. The minimum atomic E-state index is -4.47. The summed E-state index contributed by atoms with van der Waals surface area (Å²) in [5, 5.41) is 6.18. The zero-order valence-electron chi connectivity index (χ0n) is 10.5. The number of primary amides is 1. The fourth-order valence-corrected chi connectivity index (χ4v) is 1.91. The van der Waals surface area contributed by atoms with Gasteiger partial charge in [0.05, 0.1) is 5.56 Å². The van der Waals surface area contributed by atoms with Gasteiger partial charge >= 0.3 is 6.18 Å². The number of amides is 1. The molecule has 21 heavy (non-hydrogen) atoms. The van der Waals surface area contributed by atoms with Gasteiger partial charge in [-0.1, -0.05) is 16.8 Å². The second-order valence-corrected chi connectivity index (χ2v) is 4.73. The molecule has 0 unspecified atom stereocenters. The summed E-state index contributed by atoms with van der Waals surface area (Å²) in [7, 11) is 0. The summed E-state index contributed by atoms with van der Waals surface area (Å²) < 4.78 is 37.4. The molecule has 1 aliphatic heterocycles. The normalized spacial score (nSPS) is 18.1. The smallest absolute Gasteiger partial charge is 0.387 e. The number of alkyl halides is 3. The molecule has 0 saturated carbocycles. The van der Waals surface area contributed by atoms with Gasteiger partial charge in [0.1, 0.15) is 23.5 Å². The molecule has 0 bridgehead atoms. The van der Waals surface area contributed by atoms with Crippen LogP contribution in [0.1, 0.15) is 12.0 Å². The molecule has 0 aromatic carbocycles. The predicted octanol–water partition coefficient (Wildman–Crippen LogP) is 1.22. The first kappa shape index (κ1) is 15.4. The number of pyridine rings is 1. The molecule has 1 amide bonds. The highest BCUT2D eigenvalue weighted by atomic mass is 35.5. The lowest BCUT2D eigenvalue weighted by molar-refractivity contribution is -0.364. The third kappa shape index (κ3) is 3.75. The van der Waals surface area contributed by atoms with Gasteiger partial charge in [-0.15, -0.1) is 0 Å². The maximum atomic E-state index is 12.5. The van der Waals surface area contributed by atoms with Crippen LogP contribution in [-0.4, -0.2) is 24.3 Å². The van der Waals surface area contributed by atoms with Crippen molar-refractivity contribution in [3.63, 3.8) is 0 Å². The van der Waals surface area contributed by atoms with Crippen LogP contribution >= 0.6 is 11.6 Å². The first-order valence-corrected chi connectivity index (χ1v) is 6.20. The van der Waals surface area contributed by atoms with Gasteiger partial charge in [0.15, 0.2) is 6.10 Å². The average molecular weight is 324 g/mol. The Balaban J connectivity index is 1.95. The van der Waals surface area contributed by atoms with Crippen LogP contribution in [0.5, 0.6) is 0 Å². The number of carbonyl (C=O) groups is 1. The van der Waals surface area contributed by atoms with Gasteiger partial charge in [-0.25, -0.2) is 4.98 Å². The van der Waals surface area contributed by atoms with Crippen LogP contribution in [0.25, 0.3) is 0 Å². The van der Waals surface area contributed by atoms with E-state index in [1.807, 2.05) is 0 Å². The number of halogens is 4. The van der Waals surface area contributed by atoms with Crippen LogP contribution in [0.15, 0.2) is 17.4 Å². The van der Waals surface area contributed by atoms with E-state index in [1.54, 1.807) is 0 Å². The van der Waals surface area contributed by atoms with E-state index in [9.17, 15) is 18.0 Å². The Hall–Kier alpha value is -2.03. The fraction of sp³-hybridized carbons (Fsp3) is 0.364. The third-order valence-electron chi connectivity index (χ3n) is 2.74. The van der Waals surface area contributed by atoms with Crippen molar-refractivity contribution < 1.29 is 27.8 Å². The number of anilines is 1. The average Bonchev–Trinajstić information content (AvgIpc) is 2.85. The monoisotopic (exact) mass is 323 g/mol. The molecule has 1 aromatic heterocycles. The van der Waals surface area contributed by atoms with E-state index in [2.05, 4.69) is 15.5 Å². The number of nitrogens with one attached hydrogen (secondary N) is 2. The van der Waals surface area contributed by atoms with Crippen molar-refractivity contribution in [1.29, 1.82) is 0 Å². The Bertz CT molecular complexity index is 591. The Labute approximate surface area is 122 Å². The standard InChI is InChI=1S/C11H10ClF3N4O2/c12-7-1-5(11(13,14)15)3-17-10(7)18-4-6-2-8(9(16)20)19-21-6/h1,3,6H,2,4H2,(H2,16,20)(H,17,18)/p+1/t6-/m1/s1. The molecule has 1 atom stereocenters. The van der Waals surface area contributed by atoms with Gasteiger partial charge in [0, 0.05) is 6.42 Å². The van der Waals surface area contributed by atoms with Crippen LogP contribution in [-0.2, 0) is 15.8 Å². The number of hydrogen-bond acceptors (Lipinski definition) is 4. The molecule has 6 nitrogen and oxygen atoms in total. The van der Waals surface area contributed by atoms with Crippen LogP contribution < -0.4 is 16.0 Å². The minimum Gasteiger partial charge on any atom is -0.387 e. The van der Waals surface area contributed by atoms with Crippen LogP contribution in [0.2, 0.25) is 5.02 Å². The maximum Gasteiger partial charge on any atom is 0.419 e. The van der Waals surface area contributed by atoms with Gasteiger partial charge in [-0.2, -0.15) is 13.2 Å². The Morgan fingerprint density at radius 1 is 1.62 bits per heavy atom. The highest BCUT2D eigenvalue weighted by Gasteiger charge is 2.33. The number of hydrogen-bond donors (Lipinski definition) is 2. The zero-order valence-corrected chi connectivity index (χ0v) is 11.3. The van der Waals surface area contributed by atoms with E-state index in [0.29, 0.717) is 0 Å². The molecule has 1 aromatic rings. The van der Waals surface area contributed by atoms with E-state index in [0.717, 1.165) is 12.3 Å². The molecule has 0 radical (unpaired) electrons. The first-order valence-electron chi connectivity index (χ1n) is 5.82. The summed E-state index contributed by atoms with van der Waals surface area (Å²) in [5.41, 5.74) is 4.28. The van der Waals surface area contributed by atoms with Crippen molar-refractivity contribution >= 4 is 29.0 Å². The highest BCUT2D eigenvalue weighted by molar-refractivity contribution is 6.38. The number of rotatable bonds is 4. The lowest BCUT2D eigenvalue weighted by Crippen LogP contribution is -2.27. The van der Waals surface area contributed by atoms with Crippen molar-refractivity contribution in [3.05, 3.63) is 22.8 Å². The predicted molar refractivity (Wildman–Crippen MR) is 67.6 cm³/mol. The van der Waals surface area contributed by atoms with E-state index >= 15 is 0 Å². The summed E-state index contributed by atoms with van der Waals surface area (Å²) in [6.45, 7) is 0.196. The molecule has 0 spiro atoms. The SMILES string of the molecule is NC(=O)C1=NO[C@@H](CNc2[nH+]cc(C(F)(F)F)cc2Cl)C1. The number of oxime groups is 1. The largest absolute Gasteiger partial charge is 0.419 e. The molecule has 2 rings (SSSR count). The molecule has 4 N–H and O–H groups in total. The number of aromatic amines is 1. The van der Waals surface area contributed by atoms with Crippen molar-refractivity contribution in [1.82, 2.24) is 0 Å². The van der Waals surface area contributed by atoms with Crippen molar-refractivity contribution in [2.45, 2.75) is 18.7 Å². The van der Waals surface area contributed by atoms with Crippen molar-refractivity contribution in [3.8, 4) is 0 Å². The molecule has 114 valence electrons. The van der Waals surface area contributed by atoms with Gasteiger partial charge in [0.2, 0.25) is 0 Å². The maximum absolute atomic E-state index is 12.5. The summed E-state index contributed by atoms with van der Waals surface area (Å²) in [4.78, 5) is 18.2. The number of nitrogens with two attached hydrogens (primary N) is 1. The number of H-pyrrole nitrogens is 1. The fourth-order valence-electron chi connectivity index (χ4n) is 1.67. The quantitative estimate of drug-likeness (QED) is 0.872. The third-order valence-corrected chi connectivity index (χ3v) is 3.04. The molecule has 1 aliphatic rings. The summed E-state index contributed by atoms with van der Waals surface area (Å²) >= 11 is 5.76. The van der Waals surface area contributed by atoms with Crippen LogP contribution in [0.4, 0.5) is 19.0 Å². The number of aromatic nitrogens is 1. The lowest BCUT2D eigenvalue weighted by Gasteiger charge is -2.08. The Morgan fingerprint density at radius 2 is 2.33 bits per heavy atom. The topological polar surface area (TPSA) is 90.9 Å². The molecule has 10 heteroatoms. The summed E-state index contributed by atoms with van der Waals surface area (Å²) in [6.07, 6.45) is -3.90. The van der Waals surface area contributed by atoms with Crippen LogP contribution in [0.3, 0.4) is 0 Å². The summed E-state index contributed by atoms with van der Waals surface area (Å²) in [6, 6.07) is 0.807. The molecular formula is C11H11ClF3N4O2+. The van der Waals surface area contributed by atoms with E-state index in [4.69, 9.17) is 22.2 Å². The van der Waals surface area contributed by atoms with Crippen LogP contribution in [0, 0.1) is 0 Å². The first-order chi connectivity index (χ1) is 9.77. The minimum absolute atomic E-state index is 0.112. The Kier molecular flexibility index (Phi) is 4.21. The molecule has 0 saturated heterocycles. The number of carbonyl (C=O) groups excluding carboxylic acids is 1. The van der Waals surface area contributed by atoms with Crippen molar-refractivity contribution in [2.24, 2.45) is 10.9 Å². The van der Waals surface area contributed by atoms with Gasteiger partial charge < -0.3 is 10.6 Å². The molecule has 2 heterocycles. The zero-order chi connectivity index (χ0) is 15.6. The van der Waals surface area contributed by atoms with Gasteiger partial charge in [0.25, 0.3) is 11.7 Å². The number of nitrogens with zero attached hydrogens (tertiary/aromatic N) is 1. The van der Waals surface area contributed by atoms with Crippen molar-refractivity contribution in [2.75, 3.05) is 11.9 Å². The molecular weight excluding hydrogens is 313 g/mol. The highest BCUT2D eigenvalue weighted by Crippen LogP contribution is 2.31. The molecule has 0 aliphatic carbocycles. The van der Waals surface area contributed by atoms with Gasteiger partial charge in [-0.05, 0) is 6.07 Å².